The molecule has 0 aliphatic rings. The molecule has 1 unspecified atom stereocenters. The molecule has 0 radical (unpaired) electrons. The average molecular weight is 279 g/mol. The molecule has 5 heteroatoms. The third-order valence-corrected chi connectivity index (χ3v) is 3.08. The second kappa shape index (κ2) is 7.85. The molecule has 0 fully saturated rings. The van der Waals surface area contributed by atoms with Gasteiger partial charge >= 0.3 is 0 Å². The zero-order chi connectivity index (χ0) is 15.0. The van der Waals surface area contributed by atoms with Crippen molar-refractivity contribution in [3.63, 3.8) is 0 Å². The first-order chi connectivity index (χ1) is 9.52. The number of anilines is 1. The Kier molecular flexibility index (Phi) is 6.45. The number of unbranched alkanes of at least 4 members (excludes halogenated alkanes) is 1. The maximum atomic E-state index is 9.99. The van der Waals surface area contributed by atoms with Gasteiger partial charge in [0.2, 0.25) is 0 Å². The van der Waals surface area contributed by atoms with E-state index >= 15 is 0 Å². The molecule has 1 heterocycles. The quantitative estimate of drug-likeness (QED) is 0.680. The number of hydrogen-bond donors (Lipinski definition) is 2. The highest BCUT2D eigenvalue weighted by molar-refractivity contribution is 5.52. The lowest BCUT2D eigenvalue weighted by Crippen LogP contribution is -2.31. The summed E-state index contributed by atoms with van der Waals surface area (Å²) >= 11 is 0. The Morgan fingerprint density at radius 1 is 1.50 bits per heavy atom. The summed E-state index contributed by atoms with van der Waals surface area (Å²) in [5.41, 5.74) is -0.849. The van der Waals surface area contributed by atoms with E-state index < -0.39 is 5.60 Å². The van der Waals surface area contributed by atoms with Gasteiger partial charge in [0.05, 0.1) is 11.8 Å². The standard InChI is InChI=1S/C15H25N3O2/c1-5-8-9-16-14-12(10-17-13(6-2)18-14)20-11-15(4,19)7-3/h6,10,19H,2,5,7-9,11H2,1,3-4H3,(H,16,17,18). The second-order valence-corrected chi connectivity index (χ2v) is 5.06. The smallest absolute Gasteiger partial charge is 0.180 e. The van der Waals surface area contributed by atoms with Crippen LogP contribution >= 0.6 is 0 Å². The maximum absolute atomic E-state index is 9.99. The molecular formula is C15H25N3O2. The lowest BCUT2D eigenvalue weighted by molar-refractivity contribution is 0.00850. The van der Waals surface area contributed by atoms with E-state index in [0.29, 0.717) is 23.8 Å². The molecule has 5 nitrogen and oxygen atoms in total. The van der Waals surface area contributed by atoms with Crippen molar-refractivity contribution in [2.24, 2.45) is 0 Å². The Morgan fingerprint density at radius 2 is 2.25 bits per heavy atom. The predicted molar refractivity (Wildman–Crippen MR) is 81.9 cm³/mol. The van der Waals surface area contributed by atoms with Crippen LogP contribution in [0.1, 0.15) is 45.9 Å². The number of ether oxygens (including phenoxy) is 1. The zero-order valence-corrected chi connectivity index (χ0v) is 12.6. The number of hydrogen-bond acceptors (Lipinski definition) is 5. The fourth-order valence-electron chi connectivity index (χ4n) is 1.43. The second-order valence-electron chi connectivity index (χ2n) is 5.06. The number of rotatable bonds is 9. The first-order valence-electron chi connectivity index (χ1n) is 7.11. The Bertz CT molecular complexity index is 433. The van der Waals surface area contributed by atoms with Crippen molar-refractivity contribution in [3.05, 3.63) is 18.6 Å². The molecule has 20 heavy (non-hydrogen) atoms. The Balaban J connectivity index is 2.79. The third-order valence-electron chi connectivity index (χ3n) is 3.08. The zero-order valence-electron chi connectivity index (χ0n) is 12.6. The summed E-state index contributed by atoms with van der Waals surface area (Å²) in [5.74, 6) is 1.76. The number of aromatic nitrogens is 2. The summed E-state index contributed by atoms with van der Waals surface area (Å²) < 4.78 is 5.65. The van der Waals surface area contributed by atoms with Crippen LogP contribution in [-0.4, -0.2) is 33.8 Å². The fourth-order valence-corrected chi connectivity index (χ4v) is 1.43. The first-order valence-corrected chi connectivity index (χ1v) is 7.11. The van der Waals surface area contributed by atoms with Crippen molar-refractivity contribution < 1.29 is 9.84 Å². The van der Waals surface area contributed by atoms with Crippen molar-refractivity contribution in [2.45, 2.75) is 45.6 Å². The molecule has 0 amide bonds. The minimum Gasteiger partial charge on any atom is -0.485 e. The van der Waals surface area contributed by atoms with Gasteiger partial charge in [-0.25, -0.2) is 9.97 Å². The van der Waals surface area contributed by atoms with E-state index in [4.69, 9.17) is 4.74 Å². The summed E-state index contributed by atoms with van der Waals surface area (Å²) in [7, 11) is 0. The minimum absolute atomic E-state index is 0.211. The van der Waals surface area contributed by atoms with Gasteiger partial charge in [0.25, 0.3) is 0 Å². The van der Waals surface area contributed by atoms with Crippen molar-refractivity contribution in [3.8, 4) is 5.75 Å². The molecule has 2 N–H and O–H groups in total. The Hall–Kier alpha value is -1.62. The number of nitrogens with zero attached hydrogens (tertiary/aromatic N) is 2. The van der Waals surface area contributed by atoms with Gasteiger partial charge in [-0.15, -0.1) is 0 Å². The van der Waals surface area contributed by atoms with E-state index in [1.807, 2.05) is 6.92 Å². The van der Waals surface area contributed by atoms with Gasteiger partial charge in [-0.05, 0) is 25.8 Å². The molecule has 1 atom stereocenters. The third kappa shape index (κ3) is 5.17. The van der Waals surface area contributed by atoms with E-state index in [-0.39, 0.29) is 6.61 Å². The molecule has 1 aromatic heterocycles. The van der Waals surface area contributed by atoms with Crippen molar-refractivity contribution in [2.75, 3.05) is 18.5 Å². The lowest BCUT2D eigenvalue weighted by Gasteiger charge is -2.22. The van der Waals surface area contributed by atoms with Crippen LogP contribution in [-0.2, 0) is 0 Å². The monoisotopic (exact) mass is 279 g/mol. The van der Waals surface area contributed by atoms with E-state index in [0.717, 1.165) is 19.4 Å². The number of nitrogens with one attached hydrogen (secondary N) is 1. The van der Waals surface area contributed by atoms with Crippen LogP contribution in [0.4, 0.5) is 5.82 Å². The molecule has 0 spiro atoms. The van der Waals surface area contributed by atoms with Crippen molar-refractivity contribution in [1.29, 1.82) is 0 Å². The topological polar surface area (TPSA) is 67.3 Å². The lowest BCUT2D eigenvalue weighted by atomic mass is 10.1. The fraction of sp³-hybridized carbons (Fsp3) is 0.600. The highest BCUT2D eigenvalue weighted by Crippen LogP contribution is 2.23. The van der Waals surface area contributed by atoms with Crippen molar-refractivity contribution >= 4 is 11.9 Å². The van der Waals surface area contributed by atoms with Gasteiger partial charge in [-0.3, -0.25) is 0 Å². The van der Waals surface area contributed by atoms with Crippen LogP contribution in [0.15, 0.2) is 12.8 Å². The molecule has 1 aromatic rings. The highest BCUT2D eigenvalue weighted by atomic mass is 16.5. The van der Waals surface area contributed by atoms with Crippen LogP contribution in [0.25, 0.3) is 6.08 Å². The maximum Gasteiger partial charge on any atom is 0.180 e. The van der Waals surface area contributed by atoms with E-state index in [9.17, 15) is 5.11 Å². The number of aliphatic hydroxyl groups is 1. The minimum atomic E-state index is -0.849. The summed E-state index contributed by atoms with van der Waals surface area (Å²) in [6, 6.07) is 0. The molecule has 0 aliphatic heterocycles. The summed E-state index contributed by atoms with van der Waals surface area (Å²) in [4.78, 5) is 8.48. The van der Waals surface area contributed by atoms with Crippen molar-refractivity contribution in [1.82, 2.24) is 9.97 Å². The Labute approximate surface area is 121 Å². The largest absolute Gasteiger partial charge is 0.485 e. The van der Waals surface area contributed by atoms with Gasteiger partial charge in [0, 0.05) is 6.54 Å². The van der Waals surface area contributed by atoms with E-state index in [2.05, 4.69) is 28.8 Å². The highest BCUT2D eigenvalue weighted by Gasteiger charge is 2.19. The van der Waals surface area contributed by atoms with Gasteiger partial charge < -0.3 is 15.2 Å². The van der Waals surface area contributed by atoms with Crippen LogP contribution in [0, 0.1) is 0 Å². The molecule has 0 bridgehead atoms. The molecule has 0 aromatic carbocycles. The van der Waals surface area contributed by atoms with Crippen LogP contribution < -0.4 is 10.1 Å². The molecule has 0 saturated carbocycles. The van der Waals surface area contributed by atoms with Gasteiger partial charge in [-0.1, -0.05) is 26.8 Å². The predicted octanol–water partition coefficient (Wildman–Crippen LogP) is 2.87. The van der Waals surface area contributed by atoms with Gasteiger partial charge in [0.1, 0.15) is 6.61 Å². The Morgan fingerprint density at radius 3 is 2.85 bits per heavy atom. The molecule has 1 rings (SSSR count). The first kappa shape index (κ1) is 16.4. The summed E-state index contributed by atoms with van der Waals surface area (Å²) in [6.07, 6.45) is 5.99. The SMILES string of the molecule is C=Cc1ncc(OCC(C)(O)CC)c(NCCCC)n1. The summed E-state index contributed by atoms with van der Waals surface area (Å²) in [5, 5.41) is 13.2. The molecule has 112 valence electrons. The normalized spacial score (nSPS) is 13.6. The van der Waals surface area contributed by atoms with Crippen LogP contribution in [0.3, 0.4) is 0 Å². The van der Waals surface area contributed by atoms with Crippen LogP contribution in [0.5, 0.6) is 5.75 Å². The van der Waals surface area contributed by atoms with Crippen LogP contribution in [0.2, 0.25) is 0 Å². The summed E-state index contributed by atoms with van der Waals surface area (Å²) in [6.45, 7) is 10.5. The van der Waals surface area contributed by atoms with E-state index in [1.54, 1.807) is 19.2 Å². The average Bonchev–Trinajstić information content (AvgIpc) is 2.46. The molecule has 0 saturated heterocycles. The molecular weight excluding hydrogens is 254 g/mol. The van der Waals surface area contributed by atoms with Gasteiger partial charge in [0.15, 0.2) is 17.4 Å². The molecule has 0 aliphatic carbocycles. The van der Waals surface area contributed by atoms with Gasteiger partial charge in [-0.2, -0.15) is 0 Å². The van der Waals surface area contributed by atoms with E-state index in [1.165, 1.54) is 0 Å².